The Morgan fingerprint density at radius 3 is 2.79 bits per heavy atom. The van der Waals surface area contributed by atoms with E-state index < -0.39 is 24.0 Å². The minimum atomic E-state index is -1.22. The normalized spacial score (nSPS) is 25.4. The maximum atomic E-state index is 13.7. The van der Waals surface area contributed by atoms with Crippen LogP contribution < -0.4 is 10.8 Å². The molecule has 2 aliphatic rings. The highest BCUT2D eigenvalue weighted by atomic mass is 19.1. The molecule has 1 aromatic carbocycles. The van der Waals surface area contributed by atoms with E-state index in [-0.39, 0.29) is 18.9 Å². The molecular formula is C21H28FN3O3. The number of hydroxylamine groups is 1. The van der Waals surface area contributed by atoms with Crippen molar-refractivity contribution < 1.29 is 19.2 Å². The Morgan fingerprint density at radius 2 is 2.14 bits per heavy atom. The number of rotatable bonds is 4. The Labute approximate surface area is 164 Å². The lowest BCUT2D eigenvalue weighted by Crippen LogP contribution is -2.59. The highest BCUT2D eigenvalue weighted by molar-refractivity contribution is 5.90. The highest BCUT2D eigenvalue weighted by Gasteiger charge is 2.41. The fourth-order valence-corrected chi connectivity index (χ4v) is 3.92. The zero-order chi connectivity index (χ0) is 20.3. The average molecular weight is 389 g/mol. The molecule has 2 heterocycles. The molecule has 0 saturated carbocycles. The van der Waals surface area contributed by atoms with E-state index in [0.29, 0.717) is 19.0 Å². The van der Waals surface area contributed by atoms with Crippen LogP contribution in [0, 0.1) is 5.92 Å². The van der Waals surface area contributed by atoms with E-state index in [2.05, 4.69) is 43.4 Å². The molecule has 0 unspecified atom stereocenters. The standard InChI is InChI=1S/C21H28FN3O3/c1-13(2)15-4-3-5-16(10-15)14-6-8-25(9-7-14)21(27)19-18(20(26)24-28)11-17(22)12-23-19/h3-6,10,13,17-19,23,28H,7-9,11-12H2,1-2H3,(H,24,26)/t17-,18+,19+/m1/s1. The summed E-state index contributed by atoms with van der Waals surface area (Å²) < 4.78 is 13.7. The smallest absolute Gasteiger partial charge is 0.248 e. The second kappa shape index (κ2) is 8.84. The minimum Gasteiger partial charge on any atom is -0.337 e. The first kappa shape index (κ1) is 20.5. The van der Waals surface area contributed by atoms with Crippen LogP contribution in [0.25, 0.3) is 5.57 Å². The van der Waals surface area contributed by atoms with Crippen molar-refractivity contribution in [1.29, 1.82) is 0 Å². The number of carbonyl (C=O) groups is 2. The number of nitrogens with zero attached hydrogens (tertiary/aromatic N) is 1. The van der Waals surface area contributed by atoms with Gasteiger partial charge in [0.05, 0.1) is 12.0 Å². The van der Waals surface area contributed by atoms with Gasteiger partial charge in [-0.15, -0.1) is 0 Å². The zero-order valence-electron chi connectivity index (χ0n) is 16.3. The molecule has 1 fully saturated rings. The first-order chi connectivity index (χ1) is 13.4. The molecule has 3 atom stereocenters. The third kappa shape index (κ3) is 4.42. The van der Waals surface area contributed by atoms with Crippen LogP contribution >= 0.6 is 0 Å². The number of piperidine rings is 1. The van der Waals surface area contributed by atoms with E-state index >= 15 is 0 Å². The second-order valence-electron chi connectivity index (χ2n) is 7.85. The van der Waals surface area contributed by atoms with Crippen LogP contribution in [0.1, 0.15) is 43.7 Å². The predicted molar refractivity (Wildman–Crippen MR) is 104 cm³/mol. The molecule has 2 amide bonds. The third-order valence-corrected chi connectivity index (χ3v) is 5.63. The fourth-order valence-electron chi connectivity index (χ4n) is 3.92. The van der Waals surface area contributed by atoms with Crippen LogP contribution in [-0.4, -0.2) is 53.8 Å². The number of nitrogens with one attached hydrogen (secondary N) is 2. The summed E-state index contributed by atoms with van der Waals surface area (Å²) >= 11 is 0. The minimum absolute atomic E-state index is 0.0303. The van der Waals surface area contributed by atoms with Crippen molar-refractivity contribution in [3.05, 3.63) is 41.5 Å². The zero-order valence-corrected chi connectivity index (χ0v) is 16.3. The number of hydrogen-bond donors (Lipinski definition) is 3. The molecule has 0 aromatic heterocycles. The van der Waals surface area contributed by atoms with Crippen molar-refractivity contribution in [3.63, 3.8) is 0 Å². The number of carbonyl (C=O) groups excluding carboxylic acids is 2. The fraction of sp³-hybridized carbons (Fsp3) is 0.524. The number of amides is 2. The van der Waals surface area contributed by atoms with Gasteiger partial charge in [0.2, 0.25) is 11.8 Å². The molecular weight excluding hydrogens is 361 g/mol. The van der Waals surface area contributed by atoms with Gasteiger partial charge in [0.15, 0.2) is 0 Å². The Bertz CT molecular complexity index is 765. The largest absolute Gasteiger partial charge is 0.337 e. The van der Waals surface area contributed by atoms with Crippen LogP contribution in [0.2, 0.25) is 0 Å². The molecule has 2 aliphatic heterocycles. The van der Waals surface area contributed by atoms with Gasteiger partial charge >= 0.3 is 0 Å². The van der Waals surface area contributed by atoms with Crippen molar-refractivity contribution in [3.8, 4) is 0 Å². The molecule has 7 heteroatoms. The van der Waals surface area contributed by atoms with Crippen molar-refractivity contribution in [2.75, 3.05) is 19.6 Å². The molecule has 0 bridgehead atoms. The number of benzene rings is 1. The van der Waals surface area contributed by atoms with Gasteiger partial charge in [0.25, 0.3) is 0 Å². The maximum Gasteiger partial charge on any atom is 0.248 e. The van der Waals surface area contributed by atoms with Gasteiger partial charge in [-0.1, -0.05) is 44.2 Å². The first-order valence-electron chi connectivity index (χ1n) is 9.80. The van der Waals surface area contributed by atoms with Gasteiger partial charge < -0.3 is 10.2 Å². The first-order valence-corrected chi connectivity index (χ1v) is 9.80. The SMILES string of the molecule is CC(C)c1cccc(C2=CCN(C(=O)[C@H]3NC[C@H](F)C[C@@H]3C(=O)NO)CC2)c1. The second-order valence-corrected chi connectivity index (χ2v) is 7.85. The number of halogens is 1. The summed E-state index contributed by atoms with van der Waals surface area (Å²) in [7, 11) is 0. The molecule has 3 rings (SSSR count). The van der Waals surface area contributed by atoms with Crippen LogP contribution in [0.3, 0.4) is 0 Å². The van der Waals surface area contributed by atoms with E-state index in [9.17, 15) is 14.0 Å². The van der Waals surface area contributed by atoms with Crippen molar-refractivity contribution in [2.24, 2.45) is 5.92 Å². The lowest BCUT2D eigenvalue weighted by atomic mass is 9.87. The van der Waals surface area contributed by atoms with Crippen LogP contribution in [0.15, 0.2) is 30.3 Å². The van der Waals surface area contributed by atoms with Crippen molar-refractivity contribution in [1.82, 2.24) is 15.7 Å². The molecule has 1 aromatic rings. The topological polar surface area (TPSA) is 81.7 Å². The molecule has 1 saturated heterocycles. The lowest BCUT2D eigenvalue weighted by molar-refractivity contribution is -0.144. The predicted octanol–water partition coefficient (Wildman–Crippen LogP) is 2.25. The average Bonchev–Trinajstić information content (AvgIpc) is 2.72. The number of alkyl halides is 1. The van der Waals surface area contributed by atoms with Gasteiger partial charge in [0.1, 0.15) is 6.17 Å². The van der Waals surface area contributed by atoms with E-state index in [4.69, 9.17) is 5.21 Å². The summed E-state index contributed by atoms with van der Waals surface area (Å²) in [5, 5.41) is 11.8. The van der Waals surface area contributed by atoms with Crippen LogP contribution in [0.5, 0.6) is 0 Å². The van der Waals surface area contributed by atoms with Gasteiger partial charge in [-0.05, 0) is 35.5 Å². The molecule has 0 spiro atoms. The Kier molecular flexibility index (Phi) is 6.46. The van der Waals surface area contributed by atoms with E-state index in [1.807, 2.05) is 6.08 Å². The van der Waals surface area contributed by atoms with E-state index in [1.165, 1.54) is 16.7 Å². The molecule has 28 heavy (non-hydrogen) atoms. The van der Waals surface area contributed by atoms with Crippen LogP contribution in [-0.2, 0) is 9.59 Å². The van der Waals surface area contributed by atoms with E-state index in [1.54, 1.807) is 10.4 Å². The molecule has 0 radical (unpaired) electrons. The van der Waals surface area contributed by atoms with E-state index in [0.717, 1.165) is 6.42 Å². The molecule has 6 nitrogen and oxygen atoms in total. The summed E-state index contributed by atoms with van der Waals surface area (Å²) in [5.74, 6) is -1.43. The summed E-state index contributed by atoms with van der Waals surface area (Å²) in [6.45, 7) is 5.34. The highest BCUT2D eigenvalue weighted by Crippen LogP contribution is 2.27. The Hall–Kier alpha value is -2.25. The number of hydrogen-bond acceptors (Lipinski definition) is 4. The molecule has 152 valence electrons. The van der Waals surface area contributed by atoms with Crippen LogP contribution in [0.4, 0.5) is 4.39 Å². The Balaban J connectivity index is 1.70. The Morgan fingerprint density at radius 1 is 1.36 bits per heavy atom. The summed E-state index contributed by atoms with van der Waals surface area (Å²) in [4.78, 5) is 26.5. The van der Waals surface area contributed by atoms with Gasteiger partial charge in [-0.2, -0.15) is 0 Å². The van der Waals surface area contributed by atoms with Crippen molar-refractivity contribution in [2.45, 2.75) is 44.8 Å². The van der Waals surface area contributed by atoms with Gasteiger partial charge in [-0.25, -0.2) is 9.87 Å². The lowest BCUT2D eigenvalue weighted by Gasteiger charge is -2.36. The summed E-state index contributed by atoms with van der Waals surface area (Å²) in [5.41, 5.74) is 5.22. The monoisotopic (exact) mass is 389 g/mol. The van der Waals surface area contributed by atoms with Gasteiger partial charge in [-0.3, -0.25) is 14.8 Å². The van der Waals surface area contributed by atoms with Crippen molar-refractivity contribution >= 4 is 17.4 Å². The molecule has 0 aliphatic carbocycles. The third-order valence-electron chi connectivity index (χ3n) is 5.63. The summed E-state index contributed by atoms with van der Waals surface area (Å²) in [6.07, 6.45) is 1.48. The van der Waals surface area contributed by atoms with Gasteiger partial charge in [0, 0.05) is 19.6 Å². The quantitative estimate of drug-likeness (QED) is 0.545. The maximum absolute atomic E-state index is 13.7. The summed E-state index contributed by atoms with van der Waals surface area (Å²) in [6, 6.07) is 7.63. The molecule has 3 N–H and O–H groups in total.